The van der Waals surface area contributed by atoms with Gasteiger partial charge in [-0.2, -0.15) is 0 Å². The molecule has 0 unspecified atom stereocenters. The van der Waals surface area contributed by atoms with Crippen LogP contribution in [0.25, 0.3) is 0 Å². The predicted octanol–water partition coefficient (Wildman–Crippen LogP) is 1.34. The summed E-state index contributed by atoms with van der Waals surface area (Å²) in [5.74, 6) is 0.710. The van der Waals surface area contributed by atoms with Crippen LogP contribution >= 0.6 is 0 Å². The van der Waals surface area contributed by atoms with Crippen molar-refractivity contribution in [1.29, 1.82) is 0 Å². The molecule has 5 nitrogen and oxygen atoms in total. The molecule has 0 atom stereocenters. The Hall–Kier alpha value is -0.850. The smallest absolute Gasteiger partial charge is 0.242 e. The van der Waals surface area contributed by atoms with Crippen molar-refractivity contribution in [2.24, 2.45) is 18.7 Å². The van der Waals surface area contributed by atoms with Crippen molar-refractivity contribution >= 4 is 10.0 Å². The number of hydrogen-bond donors (Lipinski definition) is 2. The van der Waals surface area contributed by atoms with Crippen molar-refractivity contribution in [1.82, 2.24) is 9.29 Å². The second-order valence-electron chi connectivity index (χ2n) is 5.56. The first-order valence-electron chi connectivity index (χ1n) is 6.80. The molecule has 0 aromatic carbocycles. The van der Waals surface area contributed by atoms with E-state index in [0.29, 0.717) is 17.4 Å². The Morgan fingerprint density at radius 1 is 1.37 bits per heavy atom. The molecule has 1 aromatic heterocycles. The number of nitrogens with one attached hydrogen (secondary N) is 1. The summed E-state index contributed by atoms with van der Waals surface area (Å²) in [7, 11) is -1.61. The molecule has 0 aliphatic heterocycles. The third-order valence-electron chi connectivity index (χ3n) is 3.94. The Morgan fingerprint density at radius 2 is 2.00 bits per heavy atom. The summed E-state index contributed by atoms with van der Waals surface area (Å²) in [6.45, 7) is 2.56. The van der Waals surface area contributed by atoms with E-state index in [2.05, 4.69) is 11.6 Å². The van der Waals surface area contributed by atoms with E-state index in [9.17, 15) is 8.42 Å². The van der Waals surface area contributed by atoms with Gasteiger partial charge in [0.1, 0.15) is 0 Å². The van der Waals surface area contributed by atoms with Gasteiger partial charge in [-0.1, -0.05) is 6.92 Å². The molecule has 108 valence electrons. The highest BCUT2D eigenvalue weighted by atomic mass is 32.2. The fraction of sp³-hybridized carbons (Fsp3) is 0.692. The van der Waals surface area contributed by atoms with Gasteiger partial charge >= 0.3 is 0 Å². The minimum Gasteiger partial charge on any atom is -0.352 e. The lowest BCUT2D eigenvalue weighted by Gasteiger charge is -2.26. The molecule has 19 heavy (non-hydrogen) atoms. The fourth-order valence-electron chi connectivity index (χ4n) is 2.59. The van der Waals surface area contributed by atoms with Crippen molar-refractivity contribution in [3.63, 3.8) is 0 Å². The zero-order chi connectivity index (χ0) is 14.0. The number of aryl methyl sites for hydroxylation is 1. The Balaban J connectivity index is 2.09. The van der Waals surface area contributed by atoms with Crippen LogP contribution in [0.4, 0.5) is 0 Å². The first-order chi connectivity index (χ1) is 8.92. The SMILES string of the molecule is CC1CCC(NS(=O)(=O)c2cc(CN)n(C)c2)CC1. The molecule has 1 aliphatic carbocycles. The lowest BCUT2D eigenvalue weighted by Crippen LogP contribution is -2.37. The number of nitrogens with two attached hydrogens (primary N) is 1. The van der Waals surface area contributed by atoms with Crippen molar-refractivity contribution < 1.29 is 8.42 Å². The van der Waals surface area contributed by atoms with Gasteiger partial charge in [0.2, 0.25) is 10.0 Å². The quantitative estimate of drug-likeness (QED) is 0.876. The first-order valence-corrected chi connectivity index (χ1v) is 8.28. The van der Waals surface area contributed by atoms with Gasteiger partial charge in [-0.25, -0.2) is 13.1 Å². The standard InChI is InChI=1S/C13H23N3O2S/c1-10-3-5-11(6-4-10)15-19(17,18)13-7-12(8-14)16(2)9-13/h7,9-11,15H,3-6,8,14H2,1-2H3. The minimum absolute atomic E-state index is 0.0720. The molecule has 1 fully saturated rings. The Bertz CT molecular complexity index is 528. The molecule has 1 heterocycles. The molecule has 3 N–H and O–H groups in total. The van der Waals surface area contributed by atoms with Gasteiger partial charge < -0.3 is 10.3 Å². The van der Waals surface area contributed by atoms with E-state index in [1.807, 2.05) is 7.05 Å². The Morgan fingerprint density at radius 3 is 2.53 bits per heavy atom. The maximum atomic E-state index is 12.3. The predicted molar refractivity (Wildman–Crippen MR) is 75.0 cm³/mol. The molecular formula is C13H23N3O2S. The van der Waals surface area contributed by atoms with Gasteiger partial charge in [-0.05, 0) is 37.7 Å². The molecule has 1 aromatic rings. The van der Waals surface area contributed by atoms with Gasteiger partial charge in [0.25, 0.3) is 0 Å². The summed E-state index contributed by atoms with van der Waals surface area (Å²) in [5, 5.41) is 0. The Kier molecular flexibility index (Phi) is 4.32. The van der Waals surface area contributed by atoms with E-state index in [1.54, 1.807) is 16.8 Å². The molecule has 2 rings (SSSR count). The number of hydrogen-bond acceptors (Lipinski definition) is 3. The number of sulfonamides is 1. The van der Waals surface area contributed by atoms with Crippen LogP contribution in [0.15, 0.2) is 17.2 Å². The van der Waals surface area contributed by atoms with Crippen LogP contribution < -0.4 is 10.5 Å². The first kappa shape index (κ1) is 14.6. The molecule has 1 saturated carbocycles. The minimum atomic E-state index is -3.42. The number of nitrogens with zero attached hydrogens (tertiary/aromatic N) is 1. The highest BCUT2D eigenvalue weighted by Gasteiger charge is 2.25. The molecule has 0 saturated heterocycles. The summed E-state index contributed by atoms with van der Waals surface area (Å²) in [4.78, 5) is 0.314. The summed E-state index contributed by atoms with van der Waals surface area (Å²) in [6, 6.07) is 1.72. The normalized spacial score (nSPS) is 24.6. The highest BCUT2D eigenvalue weighted by Crippen LogP contribution is 2.25. The summed E-state index contributed by atoms with van der Waals surface area (Å²) in [5.41, 5.74) is 6.39. The molecule has 0 bridgehead atoms. The van der Waals surface area contributed by atoms with Crippen LogP contribution in [0.2, 0.25) is 0 Å². The second-order valence-corrected chi connectivity index (χ2v) is 7.27. The molecule has 1 aliphatic rings. The van der Waals surface area contributed by atoms with Crippen LogP contribution in [0, 0.1) is 5.92 Å². The average molecular weight is 285 g/mol. The highest BCUT2D eigenvalue weighted by molar-refractivity contribution is 7.89. The molecule has 6 heteroatoms. The van der Waals surface area contributed by atoms with Crippen molar-refractivity contribution in [2.75, 3.05) is 0 Å². The zero-order valence-corrected chi connectivity index (χ0v) is 12.4. The van der Waals surface area contributed by atoms with Crippen LogP contribution in [-0.2, 0) is 23.6 Å². The number of aromatic nitrogens is 1. The summed E-state index contributed by atoms with van der Waals surface area (Å²) in [6.07, 6.45) is 5.66. The van der Waals surface area contributed by atoms with E-state index < -0.39 is 10.0 Å². The monoisotopic (exact) mass is 285 g/mol. The van der Waals surface area contributed by atoms with Crippen molar-refractivity contribution in [3.05, 3.63) is 18.0 Å². The molecule has 0 radical (unpaired) electrons. The molecule has 0 amide bonds. The second kappa shape index (κ2) is 5.64. The largest absolute Gasteiger partial charge is 0.352 e. The topological polar surface area (TPSA) is 77.1 Å². The maximum Gasteiger partial charge on any atom is 0.242 e. The van der Waals surface area contributed by atoms with Crippen LogP contribution in [-0.4, -0.2) is 19.0 Å². The van der Waals surface area contributed by atoms with Crippen LogP contribution in [0.3, 0.4) is 0 Å². The molecule has 0 spiro atoms. The van der Waals surface area contributed by atoms with E-state index >= 15 is 0 Å². The Labute approximate surface area is 115 Å². The van der Waals surface area contributed by atoms with Crippen molar-refractivity contribution in [2.45, 2.75) is 50.1 Å². The van der Waals surface area contributed by atoms with Crippen LogP contribution in [0.5, 0.6) is 0 Å². The summed E-state index contributed by atoms with van der Waals surface area (Å²) < 4.78 is 29.2. The van der Waals surface area contributed by atoms with Gasteiger partial charge in [0.15, 0.2) is 0 Å². The van der Waals surface area contributed by atoms with Gasteiger partial charge in [-0.3, -0.25) is 0 Å². The number of rotatable bonds is 4. The molecular weight excluding hydrogens is 262 g/mol. The van der Waals surface area contributed by atoms with Gasteiger partial charge in [-0.15, -0.1) is 0 Å². The van der Waals surface area contributed by atoms with Gasteiger partial charge in [0.05, 0.1) is 4.90 Å². The lowest BCUT2D eigenvalue weighted by atomic mass is 9.88. The summed E-state index contributed by atoms with van der Waals surface area (Å²) >= 11 is 0. The third-order valence-corrected chi connectivity index (χ3v) is 5.43. The van der Waals surface area contributed by atoms with E-state index in [0.717, 1.165) is 31.4 Å². The fourth-order valence-corrected chi connectivity index (χ4v) is 3.99. The van der Waals surface area contributed by atoms with E-state index in [-0.39, 0.29) is 6.04 Å². The average Bonchev–Trinajstić information content (AvgIpc) is 2.74. The van der Waals surface area contributed by atoms with E-state index in [4.69, 9.17) is 5.73 Å². The zero-order valence-electron chi connectivity index (χ0n) is 11.6. The third kappa shape index (κ3) is 3.38. The van der Waals surface area contributed by atoms with Crippen molar-refractivity contribution in [3.8, 4) is 0 Å². The van der Waals surface area contributed by atoms with Crippen LogP contribution in [0.1, 0.15) is 38.3 Å². The van der Waals surface area contributed by atoms with Gasteiger partial charge in [0, 0.05) is 31.5 Å². The maximum absolute atomic E-state index is 12.3. The lowest BCUT2D eigenvalue weighted by molar-refractivity contribution is 0.332. The van der Waals surface area contributed by atoms with E-state index in [1.165, 1.54) is 0 Å².